The predicted molar refractivity (Wildman–Crippen MR) is 151 cm³/mol. The third kappa shape index (κ3) is 3.27. The van der Waals surface area contributed by atoms with Crippen molar-refractivity contribution in [1.82, 2.24) is 4.98 Å². The van der Waals surface area contributed by atoms with Crippen LogP contribution in [0.4, 0.5) is 0 Å². The largest absolute Gasteiger partial charge is 0.483 e. The normalized spacial score (nSPS) is 27.3. The molecular weight excluding hydrogens is 522 g/mol. The van der Waals surface area contributed by atoms with Gasteiger partial charge >= 0.3 is 17.6 Å². The molecule has 7 rings (SSSR count). The highest BCUT2D eigenvalue weighted by Gasteiger charge is 2.76. The molecule has 3 aliphatic rings. The highest BCUT2D eigenvalue weighted by molar-refractivity contribution is 6.09. The van der Waals surface area contributed by atoms with Crippen molar-refractivity contribution < 1.29 is 28.2 Å². The summed E-state index contributed by atoms with van der Waals surface area (Å²) in [7, 11) is 0. The Morgan fingerprint density at radius 2 is 1.59 bits per heavy atom. The Kier molecular flexibility index (Phi) is 5.14. The minimum atomic E-state index is -1.36. The van der Waals surface area contributed by atoms with Crippen molar-refractivity contribution >= 4 is 33.8 Å². The summed E-state index contributed by atoms with van der Waals surface area (Å²) in [6, 6.07) is 16.9. The highest BCUT2D eigenvalue weighted by atomic mass is 16.6. The van der Waals surface area contributed by atoms with Crippen LogP contribution >= 0.6 is 0 Å². The van der Waals surface area contributed by atoms with Gasteiger partial charge in [0.1, 0.15) is 23.0 Å². The van der Waals surface area contributed by atoms with E-state index in [-0.39, 0.29) is 18.1 Å². The van der Waals surface area contributed by atoms with E-state index in [0.29, 0.717) is 40.8 Å². The maximum atomic E-state index is 13.9. The van der Waals surface area contributed by atoms with Gasteiger partial charge in [-0.25, -0.2) is 14.6 Å². The lowest BCUT2D eigenvalue weighted by molar-refractivity contribution is -0.194. The second-order valence-corrected chi connectivity index (χ2v) is 12.7. The van der Waals surface area contributed by atoms with Gasteiger partial charge in [-0.15, -0.1) is 0 Å². The Hall–Kier alpha value is -4.20. The summed E-state index contributed by atoms with van der Waals surface area (Å²) in [6.07, 6.45) is 0.438. The van der Waals surface area contributed by atoms with E-state index in [2.05, 4.69) is 0 Å². The first-order valence-electron chi connectivity index (χ1n) is 14.0. The van der Waals surface area contributed by atoms with Crippen LogP contribution in [0.1, 0.15) is 53.0 Å². The first-order chi connectivity index (χ1) is 19.4. The van der Waals surface area contributed by atoms with Gasteiger partial charge in [0.05, 0.1) is 5.41 Å². The molecule has 2 fully saturated rings. The van der Waals surface area contributed by atoms with Crippen molar-refractivity contribution in [2.75, 3.05) is 0 Å². The van der Waals surface area contributed by atoms with Crippen molar-refractivity contribution in [2.45, 2.75) is 71.2 Å². The SMILES string of the molecule is CC1(C)Oc2c(c3oc(=O)c(-c4ccccc4)nc3c3ccccc23)CC1OC(=O)[C@@]12CC[C@@](C)(C(=O)O1)C2(C)C. The van der Waals surface area contributed by atoms with Gasteiger partial charge in [-0.3, -0.25) is 4.79 Å². The maximum Gasteiger partial charge on any atom is 0.363 e. The molecule has 1 aliphatic carbocycles. The average molecular weight is 554 g/mol. The summed E-state index contributed by atoms with van der Waals surface area (Å²) in [5, 5.41) is 1.61. The van der Waals surface area contributed by atoms with Crippen LogP contribution in [0.5, 0.6) is 5.75 Å². The van der Waals surface area contributed by atoms with Gasteiger partial charge in [-0.1, -0.05) is 68.4 Å². The van der Waals surface area contributed by atoms with Gasteiger partial charge in [0.25, 0.3) is 0 Å². The Bertz CT molecular complexity index is 1840. The molecular formula is C33H31NO7. The van der Waals surface area contributed by atoms with Gasteiger partial charge < -0.3 is 18.6 Å². The zero-order valence-electron chi connectivity index (χ0n) is 23.7. The van der Waals surface area contributed by atoms with Crippen LogP contribution < -0.4 is 10.4 Å². The second kappa shape index (κ2) is 8.18. The van der Waals surface area contributed by atoms with Crippen LogP contribution in [0.25, 0.3) is 33.1 Å². The van der Waals surface area contributed by atoms with Crippen molar-refractivity contribution in [3.63, 3.8) is 0 Å². The Morgan fingerprint density at radius 3 is 2.24 bits per heavy atom. The average Bonchev–Trinajstić information content (AvgIpc) is 3.24. The minimum Gasteiger partial charge on any atom is -0.483 e. The number of hydrogen-bond acceptors (Lipinski definition) is 8. The highest BCUT2D eigenvalue weighted by Crippen LogP contribution is 2.66. The predicted octanol–water partition coefficient (Wildman–Crippen LogP) is 5.76. The van der Waals surface area contributed by atoms with Gasteiger partial charge in [-0.05, 0) is 33.6 Å². The van der Waals surface area contributed by atoms with Gasteiger partial charge in [0.15, 0.2) is 11.3 Å². The molecule has 8 heteroatoms. The maximum absolute atomic E-state index is 13.9. The van der Waals surface area contributed by atoms with Crippen molar-refractivity contribution in [3.05, 3.63) is 70.6 Å². The number of rotatable bonds is 3. The third-order valence-corrected chi connectivity index (χ3v) is 10.0. The molecule has 1 saturated carbocycles. The fourth-order valence-corrected chi connectivity index (χ4v) is 6.89. The number of nitrogens with zero attached hydrogens (tertiary/aromatic N) is 1. The molecule has 0 spiro atoms. The fraction of sp³-hybridized carbons (Fsp3) is 0.394. The number of aromatic nitrogens is 1. The molecule has 2 bridgehead atoms. The van der Waals surface area contributed by atoms with E-state index in [1.807, 2.05) is 89.2 Å². The van der Waals surface area contributed by atoms with Crippen LogP contribution in [-0.4, -0.2) is 34.2 Å². The Balaban J connectivity index is 1.35. The molecule has 0 radical (unpaired) electrons. The van der Waals surface area contributed by atoms with Crippen molar-refractivity contribution in [2.24, 2.45) is 10.8 Å². The molecule has 3 heterocycles. The van der Waals surface area contributed by atoms with E-state index in [4.69, 9.17) is 23.6 Å². The van der Waals surface area contributed by atoms with E-state index < -0.39 is 39.7 Å². The van der Waals surface area contributed by atoms with E-state index in [9.17, 15) is 14.4 Å². The summed E-state index contributed by atoms with van der Waals surface area (Å²) < 4.78 is 24.5. The van der Waals surface area contributed by atoms with E-state index in [0.717, 1.165) is 10.8 Å². The molecule has 1 aromatic heterocycles. The molecule has 1 saturated heterocycles. The number of benzene rings is 3. The summed E-state index contributed by atoms with van der Waals surface area (Å²) >= 11 is 0. The van der Waals surface area contributed by atoms with Gasteiger partial charge in [0, 0.05) is 33.7 Å². The quantitative estimate of drug-likeness (QED) is 0.233. The molecule has 3 aromatic carbocycles. The molecule has 4 aromatic rings. The number of fused-ring (bicyclic) bond motifs is 8. The summed E-state index contributed by atoms with van der Waals surface area (Å²) in [5.41, 5.74) is -2.03. The smallest absolute Gasteiger partial charge is 0.363 e. The molecule has 41 heavy (non-hydrogen) atoms. The van der Waals surface area contributed by atoms with Crippen molar-refractivity contribution in [3.8, 4) is 17.0 Å². The topological polar surface area (TPSA) is 105 Å². The van der Waals surface area contributed by atoms with E-state index >= 15 is 0 Å². The van der Waals surface area contributed by atoms with Gasteiger partial charge in [0.2, 0.25) is 5.60 Å². The van der Waals surface area contributed by atoms with Crippen LogP contribution in [0.3, 0.4) is 0 Å². The molecule has 0 amide bonds. The zero-order valence-corrected chi connectivity index (χ0v) is 23.7. The summed E-state index contributed by atoms with van der Waals surface area (Å²) in [4.78, 5) is 44.7. The fourth-order valence-electron chi connectivity index (χ4n) is 6.89. The monoisotopic (exact) mass is 553 g/mol. The minimum absolute atomic E-state index is 0.219. The van der Waals surface area contributed by atoms with Crippen LogP contribution in [-0.2, 0) is 25.5 Å². The first kappa shape index (κ1) is 25.7. The number of esters is 2. The summed E-state index contributed by atoms with van der Waals surface area (Å²) in [6.45, 7) is 9.38. The third-order valence-electron chi connectivity index (χ3n) is 10.0. The van der Waals surface area contributed by atoms with Crippen LogP contribution in [0, 0.1) is 10.8 Å². The molecule has 8 nitrogen and oxygen atoms in total. The number of carbonyl (C=O) groups is 2. The number of carbonyl (C=O) groups excluding carboxylic acids is 2. The molecule has 210 valence electrons. The standard InChI is InChI=1S/C33H31NO7/c1-30(2)22(38-29(37)33-16-15-32(5,28(36)41-33)31(33,3)4)17-21-25(40-30)20-14-10-9-13-19(20)24-26(21)39-27(35)23(34-24)18-11-7-6-8-12-18/h6-14,22H,15-17H2,1-5H3/t22?,32-,33+/m0/s1. The number of ether oxygens (including phenoxy) is 3. The van der Waals surface area contributed by atoms with Crippen LogP contribution in [0.15, 0.2) is 63.8 Å². The van der Waals surface area contributed by atoms with Gasteiger partial charge in [-0.2, -0.15) is 0 Å². The first-order valence-corrected chi connectivity index (χ1v) is 14.0. The zero-order chi connectivity index (χ0) is 28.9. The Labute approximate surface area is 236 Å². The van der Waals surface area contributed by atoms with Crippen molar-refractivity contribution in [1.29, 1.82) is 0 Å². The van der Waals surface area contributed by atoms with E-state index in [1.165, 1.54) is 0 Å². The molecule has 2 aliphatic heterocycles. The lowest BCUT2D eigenvalue weighted by atomic mass is 9.66. The molecule has 0 N–H and O–H groups in total. The molecule has 1 unspecified atom stereocenters. The lowest BCUT2D eigenvalue weighted by Crippen LogP contribution is -2.55. The lowest BCUT2D eigenvalue weighted by Gasteiger charge is -2.42. The van der Waals surface area contributed by atoms with E-state index in [1.54, 1.807) is 0 Å². The Morgan fingerprint density at radius 1 is 0.902 bits per heavy atom. The second-order valence-electron chi connectivity index (χ2n) is 12.7. The number of hydrogen-bond donors (Lipinski definition) is 0. The van der Waals surface area contributed by atoms with Crippen LogP contribution in [0.2, 0.25) is 0 Å². The molecule has 3 atom stereocenters. The summed E-state index contributed by atoms with van der Waals surface area (Å²) in [5.74, 6) is -0.366.